The van der Waals surface area contributed by atoms with Crippen LogP contribution in [0.2, 0.25) is 0 Å². The normalized spacial score (nSPS) is 63.7. The van der Waals surface area contributed by atoms with Crippen molar-refractivity contribution in [3.8, 4) is 0 Å². The fraction of sp³-hybridized carbons (Fsp3) is 1.00. The van der Waals surface area contributed by atoms with E-state index in [1.807, 2.05) is 0 Å². The number of ether oxygens (including phenoxy) is 1. The van der Waals surface area contributed by atoms with E-state index in [4.69, 9.17) is 4.74 Å². The Morgan fingerprint density at radius 2 is 2.33 bits per heavy atom. The van der Waals surface area contributed by atoms with Crippen LogP contribution in [-0.4, -0.2) is 34.1 Å². The molecule has 1 aliphatic carbocycles. The summed E-state index contributed by atoms with van der Waals surface area (Å²) in [6.07, 6.45) is -0.322. The molecule has 0 amide bonds. The minimum atomic E-state index is -0.876. The Kier molecular flexibility index (Phi) is 0.822. The number of aliphatic hydroxyl groups excluding tert-OH is 1. The van der Waals surface area contributed by atoms with Gasteiger partial charge in [0.15, 0.2) is 0 Å². The van der Waals surface area contributed by atoms with E-state index in [-0.39, 0.29) is 12.2 Å². The van der Waals surface area contributed by atoms with Gasteiger partial charge in [-0.15, -0.1) is 0 Å². The van der Waals surface area contributed by atoms with E-state index in [2.05, 4.69) is 0 Å². The Bertz CT molecular complexity index is 147. The lowest BCUT2D eigenvalue weighted by Crippen LogP contribution is -2.32. The molecule has 3 heteroatoms. The molecule has 1 saturated heterocycles. The summed E-state index contributed by atoms with van der Waals surface area (Å²) in [5.41, 5.74) is -0.876. The maximum Gasteiger partial charge on any atom is 0.122 e. The molecule has 0 bridgehead atoms. The van der Waals surface area contributed by atoms with Crippen LogP contribution in [0.1, 0.15) is 13.3 Å². The second-order valence-corrected chi connectivity index (χ2v) is 2.97. The van der Waals surface area contributed by atoms with Crippen LogP contribution in [0.15, 0.2) is 0 Å². The Balaban J connectivity index is 2.18. The molecule has 0 unspecified atom stereocenters. The monoisotopic (exact) mass is 130 g/mol. The van der Waals surface area contributed by atoms with Crippen LogP contribution in [0.25, 0.3) is 0 Å². The lowest BCUT2D eigenvalue weighted by molar-refractivity contribution is -0.0191. The van der Waals surface area contributed by atoms with Gasteiger partial charge in [-0.1, -0.05) is 0 Å². The SMILES string of the molecule is C[C@H]1O[C@H]2C[C@]2(O)[C@@H]1O. The first-order valence-corrected chi connectivity index (χ1v) is 3.20. The molecule has 2 fully saturated rings. The summed E-state index contributed by atoms with van der Waals surface area (Å²) in [6, 6.07) is 0. The Morgan fingerprint density at radius 3 is 2.56 bits per heavy atom. The quantitative estimate of drug-likeness (QED) is 0.454. The van der Waals surface area contributed by atoms with Gasteiger partial charge >= 0.3 is 0 Å². The third-order valence-corrected chi connectivity index (χ3v) is 2.25. The average Bonchev–Trinajstić information content (AvgIpc) is 2.36. The van der Waals surface area contributed by atoms with Crippen molar-refractivity contribution < 1.29 is 14.9 Å². The van der Waals surface area contributed by atoms with E-state index in [1.165, 1.54) is 0 Å². The van der Waals surface area contributed by atoms with E-state index >= 15 is 0 Å². The molecule has 2 aliphatic rings. The highest BCUT2D eigenvalue weighted by molar-refractivity contribution is 5.16. The first kappa shape index (κ1) is 5.65. The summed E-state index contributed by atoms with van der Waals surface area (Å²) in [5, 5.41) is 18.5. The maximum atomic E-state index is 9.33. The largest absolute Gasteiger partial charge is 0.387 e. The smallest absolute Gasteiger partial charge is 0.122 e. The molecule has 1 saturated carbocycles. The van der Waals surface area contributed by atoms with E-state index in [9.17, 15) is 10.2 Å². The van der Waals surface area contributed by atoms with Gasteiger partial charge in [0.2, 0.25) is 0 Å². The van der Waals surface area contributed by atoms with Gasteiger partial charge in [0, 0.05) is 6.42 Å². The molecule has 0 aromatic carbocycles. The summed E-state index contributed by atoms with van der Waals surface area (Å²) >= 11 is 0. The maximum absolute atomic E-state index is 9.33. The van der Waals surface area contributed by atoms with Crippen molar-refractivity contribution in [3.05, 3.63) is 0 Å². The first-order chi connectivity index (χ1) is 4.14. The molecule has 0 radical (unpaired) electrons. The molecule has 0 spiro atoms. The summed E-state index contributed by atoms with van der Waals surface area (Å²) in [6.45, 7) is 1.77. The van der Waals surface area contributed by atoms with Crippen molar-refractivity contribution in [3.63, 3.8) is 0 Å². The molecule has 9 heavy (non-hydrogen) atoms. The van der Waals surface area contributed by atoms with Crippen LogP contribution in [0.4, 0.5) is 0 Å². The molecular weight excluding hydrogens is 120 g/mol. The Morgan fingerprint density at radius 1 is 1.67 bits per heavy atom. The Hall–Kier alpha value is -0.120. The minimum absolute atomic E-state index is 0.0810. The number of hydrogen-bond donors (Lipinski definition) is 2. The third kappa shape index (κ3) is 0.520. The van der Waals surface area contributed by atoms with Gasteiger partial charge in [0.25, 0.3) is 0 Å². The van der Waals surface area contributed by atoms with Crippen molar-refractivity contribution in [2.75, 3.05) is 0 Å². The Labute approximate surface area is 53.3 Å². The molecule has 2 rings (SSSR count). The lowest BCUT2D eigenvalue weighted by atomic mass is 10.1. The molecule has 52 valence electrons. The zero-order valence-electron chi connectivity index (χ0n) is 5.24. The summed E-state index contributed by atoms with van der Waals surface area (Å²) in [4.78, 5) is 0. The van der Waals surface area contributed by atoms with Crippen LogP contribution in [0, 0.1) is 0 Å². The summed E-state index contributed by atoms with van der Waals surface area (Å²) in [7, 11) is 0. The fourth-order valence-electron chi connectivity index (χ4n) is 1.46. The molecule has 1 aliphatic heterocycles. The number of fused-ring (bicyclic) bond motifs is 1. The predicted octanol–water partition coefficient (Wildman–Crippen LogP) is -0.731. The topological polar surface area (TPSA) is 49.7 Å². The predicted molar refractivity (Wildman–Crippen MR) is 29.9 cm³/mol. The summed E-state index contributed by atoms with van der Waals surface area (Å²) in [5.74, 6) is 0. The lowest BCUT2D eigenvalue weighted by Gasteiger charge is -2.13. The van der Waals surface area contributed by atoms with Crippen LogP contribution >= 0.6 is 0 Å². The van der Waals surface area contributed by atoms with E-state index in [1.54, 1.807) is 6.92 Å². The van der Waals surface area contributed by atoms with Gasteiger partial charge in [-0.2, -0.15) is 0 Å². The number of rotatable bonds is 0. The van der Waals surface area contributed by atoms with E-state index in [0.29, 0.717) is 6.42 Å². The number of hydrogen-bond acceptors (Lipinski definition) is 3. The fourth-order valence-corrected chi connectivity index (χ4v) is 1.46. The molecule has 4 atom stereocenters. The van der Waals surface area contributed by atoms with Gasteiger partial charge in [-0.3, -0.25) is 0 Å². The molecule has 2 N–H and O–H groups in total. The van der Waals surface area contributed by atoms with E-state index in [0.717, 1.165) is 0 Å². The van der Waals surface area contributed by atoms with Gasteiger partial charge in [-0.05, 0) is 6.92 Å². The van der Waals surface area contributed by atoms with Crippen LogP contribution in [0.5, 0.6) is 0 Å². The average molecular weight is 130 g/mol. The zero-order chi connectivity index (χ0) is 6.65. The van der Waals surface area contributed by atoms with Gasteiger partial charge < -0.3 is 14.9 Å². The highest BCUT2D eigenvalue weighted by Gasteiger charge is 2.66. The van der Waals surface area contributed by atoms with E-state index < -0.39 is 11.7 Å². The number of aliphatic hydroxyl groups is 2. The van der Waals surface area contributed by atoms with Crippen molar-refractivity contribution in [2.45, 2.75) is 37.3 Å². The third-order valence-electron chi connectivity index (χ3n) is 2.25. The highest BCUT2D eigenvalue weighted by atomic mass is 16.6. The van der Waals surface area contributed by atoms with Gasteiger partial charge in [0.1, 0.15) is 11.7 Å². The molecule has 0 aromatic heterocycles. The van der Waals surface area contributed by atoms with Crippen LogP contribution in [-0.2, 0) is 4.74 Å². The molecule has 3 nitrogen and oxygen atoms in total. The standard InChI is InChI=1S/C6H10O3/c1-3-5(7)6(8)2-4(6)9-3/h3-5,7-8H,2H2,1H3/t3-,4+,5-,6-/m1/s1. The zero-order valence-corrected chi connectivity index (χ0v) is 5.24. The van der Waals surface area contributed by atoms with Crippen molar-refractivity contribution in [2.24, 2.45) is 0 Å². The van der Waals surface area contributed by atoms with Crippen molar-refractivity contribution in [1.82, 2.24) is 0 Å². The second-order valence-electron chi connectivity index (χ2n) is 2.97. The highest BCUT2D eigenvalue weighted by Crippen LogP contribution is 2.49. The molecule has 0 aromatic rings. The van der Waals surface area contributed by atoms with Crippen molar-refractivity contribution in [1.29, 1.82) is 0 Å². The molecule has 1 heterocycles. The van der Waals surface area contributed by atoms with Crippen LogP contribution < -0.4 is 0 Å². The minimum Gasteiger partial charge on any atom is -0.387 e. The first-order valence-electron chi connectivity index (χ1n) is 3.20. The van der Waals surface area contributed by atoms with Crippen LogP contribution in [0.3, 0.4) is 0 Å². The van der Waals surface area contributed by atoms with Gasteiger partial charge in [-0.25, -0.2) is 0 Å². The van der Waals surface area contributed by atoms with Gasteiger partial charge in [0.05, 0.1) is 12.2 Å². The summed E-state index contributed by atoms with van der Waals surface area (Å²) < 4.78 is 5.15. The van der Waals surface area contributed by atoms with Crippen molar-refractivity contribution >= 4 is 0 Å². The molecular formula is C6H10O3. The second kappa shape index (κ2) is 1.31.